The zero-order valence-electron chi connectivity index (χ0n) is 12.7. The van der Waals surface area contributed by atoms with Gasteiger partial charge in [0.15, 0.2) is 0 Å². The van der Waals surface area contributed by atoms with Gasteiger partial charge in [-0.05, 0) is 23.6 Å². The molecule has 0 saturated carbocycles. The van der Waals surface area contributed by atoms with Crippen LogP contribution in [0.4, 0.5) is 0 Å². The Morgan fingerprint density at radius 3 is 2.67 bits per heavy atom. The van der Waals surface area contributed by atoms with Crippen LogP contribution in [0.25, 0.3) is 0 Å². The first-order valence-electron chi connectivity index (χ1n) is 7.69. The third-order valence-corrected chi connectivity index (χ3v) is 4.48. The van der Waals surface area contributed by atoms with Crippen LogP contribution in [0.5, 0.6) is 0 Å². The molecule has 1 aromatic heterocycles. The molecule has 0 spiro atoms. The van der Waals surface area contributed by atoms with E-state index in [9.17, 15) is 4.79 Å². The molecule has 110 valence electrons. The van der Waals surface area contributed by atoms with E-state index in [1.807, 2.05) is 35.4 Å². The second-order valence-electron chi connectivity index (χ2n) is 5.92. The lowest BCUT2D eigenvalue weighted by molar-refractivity contribution is -0.139. The number of amides is 1. The van der Waals surface area contributed by atoms with Gasteiger partial charge in [-0.25, -0.2) is 0 Å². The van der Waals surface area contributed by atoms with Crippen molar-refractivity contribution in [2.75, 3.05) is 0 Å². The van der Waals surface area contributed by atoms with Gasteiger partial charge in [0.25, 0.3) is 0 Å². The van der Waals surface area contributed by atoms with E-state index in [2.05, 4.69) is 36.6 Å². The summed E-state index contributed by atoms with van der Waals surface area (Å²) in [4.78, 5) is 14.9. The number of rotatable bonds is 4. The van der Waals surface area contributed by atoms with Crippen molar-refractivity contribution >= 4 is 5.91 Å². The van der Waals surface area contributed by atoms with Crippen LogP contribution in [0.1, 0.15) is 37.6 Å². The van der Waals surface area contributed by atoms with E-state index < -0.39 is 0 Å². The normalized spacial score (nSPS) is 19.4. The summed E-state index contributed by atoms with van der Waals surface area (Å²) in [7, 11) is 0. The van der Waals surface area contributed by atoms with Gasteiger partial charge in [0, 0.05) is 18.4 Å². The molecular weight excluding hydrogens is 260 g/mol. The Balaban J connectivity index is 1.89. The Bertz CT molecular complexity index is 617. The number of carbonyl (C=O) groups excluding carboxylic acids is 1. The fourth-order valence-electron chi connectivity index (χ4n) is 3.09. The summed E-state index contributed by atoms with van der Waals surface area (Å²) in [6.45, 7) is 5.71. The van der Waals surface area contributed by atoms with E-state index in [4.69, 9.17) is 0 Å². The van der Waals surface area contributed by atoms with E-state index in [0.29, 0.717) is 19.0 Å². The average Bonchev–Trinajstić information content (AvgIpc) is 2.96. The molecule has 0 bridgehead atoms. The number of benzene rings is 1. The molecule has 0 radical (unpaired) electrons. The highest BCUT2D eigenvalue weighted by atomic mass is 16.2. The van der Waals surface area contributed by atoms with Gasteiger partial charge in [0.2, 0.25) is 5.91 Å². The van der Waals surface area contributed by atoms with Crippen molar-refractivity contribution in [2.45, 2.75) is 39.4 Å². The number of hydrogen-bond acceptors (Lipinski definition) is 1. The van der Waals surface area contributed by atoms with Gasteiger partial charge in [0.1, 0.15) is 6.04 Å². The highest BCUT2D eigenvalue weighted by molar-refractivity contribution is 5.82. The number of aromatic nitrogens is 1. The van der Waals surface area contributed by atoms with Crippen molar-refractivity contribution in [1.82, 2.24) is 9.47 Å². The predicted molar refractivity (Wildman–Crippen MR) is 83.6 cm³/mol. The first-order valence-corrected chi connectivity index (χ1v) is 7.69. The maximum absolute atomic E-state index is 12.9. The smallest absolute Gasteiger partial charge is 0.246 e. The second kappa shape index (κ2) is 5.76. The molecule has 1 aliphatic heterocycles. The molecule has 0 aliphatic carbocycles. The Morgan fingerprint density at radius 1 is 1.19 bits per heavy atom. The highest BCUT2D eigenvalue weighted by Gasteiger charge is 2.35. The van der Waals surface area contributed by atoms with Crippen LogP contribution in [0.3, 0.4) is 0 Å². The molecular formula is C18H22N2O. The number of nitrogens with zero attached hydrogens (tertiary/aromatic N) is 2. The highest BCUT2D eigenvalue weighted by Crippen LogP contribution is 2.31. The van der Waals surface area contributed by atoms with E-state index in [0.717, 1.165) is 6.42 Å². The fraction of sp³-hybridized carbons (Fsp3) is 0.389. The molecule has 2 atom stereocenters. The van der Waals surface area contributed by atoms with E-state index in [1.165, 1.54) is 11.3 Å². The number of hydrogen-bond donors (Lipinski definition) is 0. The first kappa shape index (κ1) is 13.9. The molecule has 3 heteroatoms. The molecule has 0 unspecified atom stereocenters. The SMILES string of the molecule is CC[C@H](C)[C@H]1C(=O)N(Cc2ccccc2)Cc2cccn21. The molecule has 1 aliphatic rings. The molecule has 1 aromatic carbocycles. The lowest BCUT2D eigenvalue weighted by atomic mass is 9.95. The quantitative estimate of drug-likeness (QED) is 0.841. The Morgan fingerprint density at radius 2 is 1.95 bits per heavy atom. The summed E-state index contributed by atoms with van der Waals surface area (Å²) in [5.41, 5.74) is 2.42. The third kappa shape index (κ3) is 2.60. The van der Waals surface area contributed by atoms with Crippen molar-refractivity contribution in [3.63, 3.8) is 0 Å². The van der Waals surface area contributed by atoms with Crippen LogP contribution in [0.15, 0.2) is 48.7 Å². The molecule has 2 aromatic rings. The van der Waals surface area contributed by atoms with Crippen LogP contribution in [-0.2, 0) is 17.9 Å². The molecule has 3 rings (SSSR count). The molecule has 0 N–H and O–H groups in total. The van der Waals surface area contributed by atoms with E-state index >= 15 is 0 Å². The molecule has 0 saturated heterocycles. The summed E-state index contributed by atoms with van der Waals surface area (Å²) in [6, 6.07) is 14.3. The standard InChI is InChI=1S/C18H22N2O/c1-3-14(2)17-18(21)19(12-15-8-5-4-6-9-15)13-16-10-7-11-20(16)17/h4-11,14,17H,3,12-13H2,1-2H3/t14-,17-/m0/s1. The van der Waals surface area contributed by atoms with Gasteiger partial charge in [0.05, 0.1) is 6.54 Å². The fourth-order valence-corrected chi connectivity index (χ4v) is 3.09. The lowest BCUT2D eigenvalue weighted by Gasteiger charge is -2.37. The Labute approximate surface area is 126 Å². The van der Waals surface area contributed by atoms with Gasteiger partial charge in [-0.1, -0.05) is 50.6 Å². The van der Waals surface area contributed by atoms with Gasteiger partial charge in [-0.2, -0.15) is 0 Å². The zero-order chi connectivity index (χ0) is 14.8. The second-order valence-corrected chi connectivity index (χ2v) is 5.92. The van der Waals surface area contributed by atoms with Crippen LogP contribution in [0, 0.1) is 5.92 Å². The van der Waals surface area contributed by atoms with Gasteiger partial charge in [-0.3, -0.25) is 4.79 Å². The van der Waals surface area contributed by atoms with Crippen molar-refractivity contribution in [3.8, 4) is 0 Å². The minimum absolute atomic E-state index is 0.0579. The third-order valence-electron chi connectivity index (χ3n) is 4.48. The predicted octanol–water partition coefficient (Wildman–Crippen LogP) is 3.62. The lowest BCUT2D eigenvalue weighted by Crippen LogP contribution is -2.44. The summed E-state index contributed by atoms with van der Waals surface area (Å²) < 4.78 is 2.16. The number of fused-ring (bicyclic) bond motifs is 1. The van der Waals surface area contributed by atoms with Gasteiger partial charge in [-0.15, -0.1) is 0 Å². The van der Waals surface area contributed by atoms with Crippen molar-refractivity contribution in [2.24, 2.45) is 5.92 Å². The van der Waals surface area contributed by atoms with E-state index in [-0.39, 0.29) is 11.9 Å². The summed E-state index contributed by atoms with van der Waals surface area (Å²) in [5.74, 6) is 0.596. The minimum Gasteiger partial charge on any atom is -0.337 e. The van der Waals surface area contributed by atoms with Gasteiger partial charge >= 0.3 is 0 Å². The Kier molecular flexibility index (Phi) is 3.82. The zero-order valence-corrected chi connectivity index (χ0v) is 12.7. The molecule has 0 fully saturated rings. The van der Waals surface area contributed by atoms with Crippen LogP contribution in [0.2, 0.25) is 0 Å². The largest absolute Gasteiger partial charge is 0.337 e. The first-order chi connectivity index (χ1) is 10.2. The maximum Gasteiger partial charge on any atom is 0.246 e. The Hall–Kier alpha value is -2.03. The van der Waals surface area contributed by atoms with E-state index in [1.54, 1.807) is 0 Å². The monoisotopic (exact) mass is 282 g/mol. The van der Waals surface area contributed by atoms with Crippen LogP contribution < -0.4 is 0 Å². The number of carbonyl (C=O) groups is 1. The summed E-state index contributed by atoms with van der Waals surface area (Å²) in [5, 5.41) is 0. The average molecular weight is 282 g/mol. The minimum atomic E-state index is -0.0579. The topological polar surface area (TPSA) is 25.2 Å². The van der Waals surface area contributed by atoms with Crippen molar-refractivity contribution in [3.05, 3.63) is 59.9 Å². The van der Waals surface area contributed by atoms with Crippen LogP contribution >= 0.6 is 0 Å². The van der Waals surface area contributed by atoms with Crippen molar-refractivity contribution < 1.29 is 4.79 Å². The summed E-state index contributed by atoms with van der Waals surface area (Å²) in [6.07, 6.45) is 3.05. The van der Waals surface area contributed by atoms with Crippen LogP contribution in [-0.4, -0.2) is 15.4 Å². The maximum atomic E-state index is 12.9. The molecule has 2 heterocycles. The van der Waals surface area contributed by atoms with Crippen molar-refractivity contribution in [1.29, 1.82) is 0 Å². The summed E-state index contributed by atoms with van der Waals surface area (Å²) >= 11 is 0. The van der Waals surface area contributed by atoms with Gasteiger partial charge < -0.3 is 9.47 Å². The molecule has 3 nitrogen and oxygen atoms in total. The molecule has 1 amide bonds. The molecule has 21 heavy (non-hydrogen) atoms.